The van der Waals surface area contributed by atoms with E-state index in [0.29, 0.717) is 12.5 Å². The number of anilines is 1. The van der Waals surface area contributed by atoms with Crippen molar-refractivity contribution in [3.63, 3.8) is 0 Å². The lowest BCUT2D eigenvalue weighted by Gasteiger charge is -2.52. The van der Waals surface area contributed by atoms with Gasteiger partial charge in [0.05, 0.1) is 30.0 Å². The van der Waals surface area contributed by atoms with Gasteiger partial charge in [0.2, 0.25) is 0 Å². The number of hydrogen-bond acceptors (Lipinski definition) is 4. The number of piperidine rings is 3. The minimum absolute atomic E-state index is 0. The highest BCUT2D eigenvalue weighted by molar-refractivity contribution is 9.11. The zero-order chi connectivity index (χ0) is 23.4. The summed E-state index contributed by atoms with van der Waals surface area (Å²) < 4.78 is 8.42. The summed E-state index contributed by atoms with van der Waals surface area (Å²) >= 11 is 7.12. The standard InChI is InChI=1S/C27H30BrN2O2S2.ClH/c28-26-12-11-24(34-26)19-29(22-7-3-1-4-8-22)27(31)32-25-20-30(15-13-21(25)14-16-30)17-18-33-23-9-5-2-6-10-23;/h1-12,21,25H,13-20H2;1H/q+1;/p-1/t21?,25-,30?;/m0./s1. The maximum atomic E-state index is 13.5. The zero-order valence-corrected chi connectivity index (χ0v) is 23.5. The second-order valence-electron chi connectivity index (χ2n) is 9.24. The average molecular weight is 594 g/mol. The second kappa shape index (κ2) is 12.2. The van der Waals surface area contributed by atoms with Crippen LogP contribution in [-0.2, 0) is 11.3 Å². The van der Waals surface area contributed by atoms with Gasteiger partial charge in [0, 0.05) is 40.0 Å². The Morgan fingerprint density at radius 1 is 1.03 bits per heavy atom. The summed E-state index contributed by atoms with van der Waals surface area (Å²) in [6.45, 7) is 5.01. The number of ether oxygens (including phenoxy) is 1. The first-order valence-corrected chi connectivity index (χ1v) is 14.5. The molecule has 3 aliphatic heterocycles. The van der Waals surface area contributed by atoms with Crippen LogP contribution in [0.2, 0.25) is 0 Å². The fraction of sp³-hybridized carbons (Fsp3) is 0.370. The van der Waals surface area contributed by atoms with Gasteiger partial charge >= 0.3 is 6.09 Å². The number of hydrogen-bond donors (Lipinski definition) is 0. The first-order chi connectivity index (χ1) is 16.6. The summed E-state index contributed by atoms with van der Waals surface area (Å²) in [5.41, 5.74) is 0.876. The highest BCUT2D eigenvalue weighted by Crippen LogP contribution is 2.37. The van der Waals surface area contributed by atoms with E-state index in [1.807, 2.05) is 48.2 Å². The molecule has 8 heteroatoms. The fourth-order valence-electron chi connectivity index (χ4n) is 5.20. The molecule has 3 fully saturated rings. The second-order valence-corrected chi connectivity index (χ2v) is 13.0. The molecule has 0 aliphatic carbocycles. The number of nitrogens with zero attached hydrogens (tertiary/aromatic N) is 2. The van der Waals surface area contributed by atoms with E-state index in [4.69, 9.17) is 4.74 Å². The Hall–Kier alpha value is -1.51. The van der Waals surface area contributed by atoms with E-state index in [0.717, 1.165) is 50.5 Å². The molecular formula is C27H30BrClN2O2S2. The molecule has 4 nitrogen and oxygen atoms in total. The Morgan fingerprint density at radius 3 is 2.37 bits per heavy atom. The number of para-hydroxylation sites is 1. The number of quaternary nitrogens is 1. The maximum absolute atomic E-state index is 13.5. The van der Waals surface area contributed by atoms with E-state index < -0.39 is 0 Å². The van der Waals surface area contributed by atoms with Crippen molar-refractivity contribution in [1.29, 1.82) is 0 Å². The highest BCUT2D eigenvalue weighted by atomic mass is 79.9. The monoisotopic (exact) mass is 592 g/mol. The number of rotatable bonds is 8. The van der Waals surface area contributed by atoms with Crippen LogP contribution in [0.1, 0.15) is 17.7 Å². The lowest BCUT2D eigenvalue weighted by atomic mass is 9.83. The van der Waals surface area contributed by atoms with Gasteiger partial charge in [0.25, 0.3) is 0 Å². The predicted molar refractivity (Wildman–Crippen MR) is 145 cm³/mol. The third-order valence-electron chi connectivity index (χ3n) is 7.10. The third-order valence-corrected chi connectivity index (χ3v) is 9.70. The summed E-state index contributed by atoms with van der Waals surface area (Å²) in [6.07, 6.45) is 2.07. The first-order valence-electron chi connectivity index (χ1n) is 11.9. The molecule has 3 saturated heterocycles. The van der Waals surface area contributed by atoms with Gasteiger partial charge in [-0.2, -0.15) is 0 Å². The van der Waals surface area contributed by atoms with Crippen molar-refractivity contribution in [3.8, 4) is 0 Å². The van der Waals surface area contributed by atoms with Gasteiger partial charge in [-0.3, -0.25) is 4.90 Å². The van der Waals surface area contributed by atoms with Gasteiger partial charge in [-0.15, -0.1) is 23.1 Å². The number of amides is 1. The molecule has 35 heavy (non-hydrogen) atoms. The SMILES string of the molecule is O=C(O[C@H]1C[N+]2(CCSc3ccccc3)CCC1CC2)N(Cc1ccc(Br)s1)c1ccccc1.[Cl-]. The molecule has 0 unspecified atom stereocenters. The number of benzene rings is 2. The average Bonchev–Trinajstić information content (AvgIpc) is 3.29. The molecule has 0 N–H and O–H groups in total. The third kappa shape index (κ3) is 6.63. The van der Waals surface area contributed by atoms with Crippen LogP contribution >= 0.6 is 39.0 Å². The molecule has 1 amide bonds. The van der Waals surface area contributed by atoms with Gasteiger partial charge in [-0.05, 0) is 52.3 Å². The van der Waals surface area contributed by atoms with Crippen molar-refractivity contribution in [2.24, 2.45) is 5.92 Å². The molecule has 1 aromatic heterocycles. The van der Waals surface area contributed by atoms with E-state index in [2.05, 4.69) is 52.3 Å². The number of thioether (sulfide) groups is 1. The van der Waals surface area contributed by atoms with Crippen LogP contribution in [0.3, 0.4) is 0 Å². The highest BCUT2D eigenvalue weighted by Gasteiger charge is 2.47. The summed E-state index contributed by atoms with van der Waals surface area (Å²) in [5.74, 6) is 1.58. The zero-order valence-electron chi connectivity index (χ0n) is 19.5. The maximum Gasteiger partial charge on any atom is 0.415 e. The molecule has 0 saturated carbocycles. The summed E-state index contributed by atoms with van der Waals surface area (Å²) in [6, 6.07) is 24.6. The molecule has 1 atom stereocenters. The summed E-state index contributed by atoms with van der Waals surface area (Å²) in [5, 5.41) is 0. The van der Waals surface area contributed by atoms with Crippen LogP contribution < -0.4 is 17.3 Å². The Labute approximate surface area is 230 Å². The van der Waals surface area contributed by atoms with Crippen molar-refractivity contribution in [2.75, 3.05) is 36.8 Å². The van der Waals surface area contributed by atoms with Crippen LogP contribution in [0.25, 0.3) is 0 Å². The van der Waals surface area contributed by atoms with Gasteiger partial charge < -0.3 is 21.6 Å². The van der Waals surface area contributed by atoms with Crippen LogP contribution in [0, 0.1) is 5.92 Å². The molecular weight excluding hydrogens is 564 g/mol. The summed E-state index contributed by atoms with van der Waals surface area (Å²) in [7, 11) is 0. The van der Waals surface area contributed by atoms with Gasteiger partial charge in [-0.1, -0.05) is 36.4 Å². The van der Waals surface area contributed by atoms with Crippen molar-refractivity contribution in [2.45, 2.75) is 30.4 Å². The summed E-state index contributed by atoms with van der Waals surface area (Å²) in [4.78, 5) is 17.7. The molecule has 4 heterocycles. The predicted octanol–water partition coefficient (Wildman–Crippen LogP) is 4.06. The largest absolute Gasteiger partial charge is 1.00 e. The first kappa shape index (κ1) is 26.6. The Morgan fingerprint density at radius 2 is 1.71 bits per heavy atom. The number of halogens is 2. The van der Waals surface area contributed by atoms with Crippen molar-refractivity contribution in [1.82, 2.24) is 0 Å². The van der Waals surface area contributed by atoms with Crippen LogP contribution in [-0.4, -0.2) is 48.6 Å². The number of carbonyl (C=O) groups excluding carboxylic acids is 1. The van der Waals surface area contributed by atoms with Crippen LogP contribution in [0.4, 0.5) is 10.5 Å². The van der Waals surface area contributed by atoms with Crippen LogP contribution in [0.5, 0.6) is 0 Å². The van der Waals surface area contributed by atoms with E-state index in [1.165, 1.54) is 18.0 Å². The molecule has 3 aromatic rings. The lowest BCUT2D eigenvalue weighted by molar-refractivity contribution is -0.943. The van der Waals surface area contributed by atoms with Crippen molar-refractivity contribution in [3.05, 3.63) is 81.5 Å². The fourth-order valence-corrected chi connectivity index (χ4v) is 7.73. The van der Waals surface area contributed by atoms with E-state index >= 15 is 0 Å². The van der Waals surface area contributed by atoms with E-state index in [-0.39, 0.29) is 24.6 Å². The molecule has 2 bridgehead atoms. The molecule has 0 spiro atoms. The molecule has 2 aromatic carbocycles. The Bertz CT molecular complexity index is 1090. The minimum atomic E-state index is -0.230. The number of fused-ring (bicyclic) bond motifs is 3. The smallest absolute Gasteiger partial charge is 0.415 e. The van der Waals surface area contributed by atoms with E-state index in [1.54, 1.807) is 16.2 Å². The minimum Gasteiger partial charge on any atom is -1.00 e. The van der Waals surface area contributed by atoms with Gasteiger partial charge in [0.1, 0.15) is 6.54 Å². The Kier molecular flexibility index (Phi) is 9.22. The Balaban J connectivity index is 0.00000289. The quantitative estimate of drug-likeness (QED) is 0.292. The van der Waals surface area contributed by atoms with Crippen molar-refractivity contribution < 1.29 is 26.4 Å². The van der Waals surface area contributed by atoms with E-state index in [9.17, 15) is 4.79 Å². The number of carbonyl (C=O) groups is 1. The van der Waals surface area contributed by atoms with Gasteiger partial charge in [0.15, 0.2) is 6.10 Å². The number of thiophene rings is 1. The normalized spacial score (nSPS) is 22.9. The molecule has 0 radical (unpaired) electrons. The molecule has 3 aliphatic rings. The lowest BCUT2D eigenvalue weighted by Crippen LogP contribution is -3.00. The molecule has 6 rings (SSSR count). The van der Waals surface area contributed by atoms with Gasteiger partial charge in [-0.25, -0.2) is 4.79 Å². The van der Waals surface area contributed by atoms with Crippen molar-refractivity contribution >= 4 is 50.8 Å². The molecule has 186 valence electrons. The topological polar surface area (TPSA) is 29.5 Å². The van der Waals surface area contributed by atoms with Crippen LogP contribution in [0.15, 0.2) is 81.5 Å².